The molecule has 1 amide bonds. The van der Waals surface area contributed by atoms with Crippen LogP contribution in [0.15, 0.2) is 23.1 Å². The molecule has 1 aromatic rings. The lowest BCUT2D eigenvalue weighted by Gasteiger charge is -2.06. The molecule has 0 fully saturated rings. The Bertz CT molecular complexity index is 448. The first kappa shape index (κ1) is 15.4. The fourth-order valence-electron chi connectivity index (χ4n) is 2.48. The molecule has 0 radical (unpaired) electrons. The van der Waals surface area contributed by atoms with Crippen molar-refractivity contribution >= 4 is 17.7 Å². The van der Waals surface area contributed by atoms with Crippen LogP contribution in [0.3, 0.4) is 0 Å². The molecular formula is C16H23NO2S. The van der Waals surface area contributed by atoms with E-state index >= 15 is 0 Å². The summed E-state index contributed by atoms with van der Waals surface area (Å²) in [7, 11) is 0. The van der Waals surface area contributed by atoms with Crippen molar-refractivity contribution < 1.29 is 9.90 Å². The zero-order chi connectivity index (χ0) is 14.2. The van der Waals surface area contributed by atoms with Crippen LogP contribution in [0.1, 0.15) is 36.8 Å². The number of benzene rings is 1. The van der Waals surface area contributed by atoms with E-state index in [-0.39, 0.29) is 12.5 Å². The highest BCUT2D eigenvalue weighted by atomic mass is 32.2. The van der Waals surface area contributed by atoms with Crippen molar-refractivity contribution in [3.8, 4) is 0 Å². The summed E-state index contributed by atoms with van der Waals surface area (Å²) < 4.78 is 0. The number of nitrogens with one attached hydrogen (secondary N) is 1. The zero-order valence-corrected chi connectivity index (χ0v) is 12.7. The molecule has 0 unspecified atom stereocenters. The molecule has 0 spiro atoms. The lowest BCUT2D eigenvalue weighted by Crippen LogP contribution is -2.26. The Morgan fingerprint density at radius 1 is 1.20 bits per heavy atom. The highest BCUT2D eigenvalue weighted by Gasteiger charge is 2.11. The maximum Gasteiger partial charge on any atom is 0.230 e. The van der Waals surface area contributed by atoms with Gasteiger partial charge in [0.2, 0.25) is 5.91 Å². The van der Waals surface area contributed by atoms with E-state index in [2.05, 4.69) is 23.5 Å². The van der Waals surface area contributed by atoms with Gasteiger partial charge in [-0.3, -0.25) is 4.79 Å². The lowest BCUT2D eigenvalue weighted by molar-refractivity contribution is -0.118. The van der Waals surface area contributed by atoms with Crippen LogP contribution in [0.2, 0.25) is 0 Å². The number of unbranched alkanes of at least 4 members (excludes halogenated alkanes) is 2. The molecular weight excluding hydrogens is 270 g/mol. The number of rotatable bonds is 8. The molecule has 1 aliphatic carbocycles. The van der Waals surface area contributed by atoms with E-state index in [0.717, 1.165) is 19.3 Å². The monoisotopic (exact) mass is 293 g/mol. The SMILES string of the molecule is O=C(CSc1ccc2c(c1)CCC2)NCCCCCO. The molecule has 0 saturated carbocycles. The van der Waals surface area contributed by atoms with Crippen molar-refractivity contribution in [2.24, 2.45) is 0 Å². The van der Waals surface area contributed by atoms with Crippen LogP contribution in [-0.4, -0.2) is 29.9 Å². The van der Waals surface area contributed by atoms with Crippen LogP contribution in [-0.2, 0) is 17.6 Å². The molecule has 4 heteroatoms. The maximum atomic E-state index is 11.7. The van der Waals surface area contributed by atoms with E-state index in [9.17, 15) is 4.79 Å². The molecule has 1 aliphatic rings. The Kier molecular flexibility index (Phi) is 6.40. The Hall–Kier alpha value is -1.00. The molecule has 0 bridgehead atoms. The van der Waals surface area contributed by atoms with Gasteiger partial charge in [-0.25, -0.2) is 0 Å². The van der Waals surface area contributed by atoms with Gasteiger partial charge in [0.25, 0.3) is 0 Å². The Balaban J connectivity index is 1.66. The number of fused-ring (bicyclic) bond motifs is 1. The second kappa shape index (κ2) is 8.32. The average Bonchev–Trinajstić information content (AvgIpc) is 2.92. The van der Waals surface area contributed by atoms with Crippen LogP contribution in [0.4, 0.5) is 0 Å². The molecule has 2 rings (SSSR count). The second-order valence-corrected chi connectivity index (χ2v) is 6.26. The molecule has 20 heavy (non-hydrogen) atoms. The number of hydrogen-bond acceptors (Lipinski definition) is 3. The average molecular weight is 293 g/mol. The predicted octanol–water partition coefficient (Wildman–Crippen LogP) is 2.55. The number of thioether (sulfide) groups is 1. The lowest BCUT2D eigenvalue weighted by atomic mass is 10.1. The summed E-state index contributed by atoms with van der Waals surface area (Å²) >= 11 is 1.61. The topological polar surface area (TPSA) is 49.3 Å². The highest BCUT2D eigenvalue weighted by Crippen LogP contribution is 2.27. The van der Waals surface area contributed by atoms with Gasteiger partial charge in [-0.05, 0) is 61.8 Å². The first-order valence-electron chi connectivity index (χ1n) is 7.42. The van der Waals surface area contributed by atoms with Gasteiger partial charge < -0.3 is 10.4 Å². The number of amides is 1. The van der Waals surface area contributed by atoms with Crippen LogP contribution in [0.5, 0.6) is 0 Å². The number of hydrogen-bond donors (Lipinski definition) is 2. The van der Waals surface area contributed by atoms with Gasteiger partial charge >= 0.3 is 0 Å². The molecule has 0 atom stereocenters. The van der Waals surface area contributed by atoms with E-state index in [1.165, 1.54) is 35.3 Å². The predicted molar refractivity (Wildman–Crippen MR) is 83.1 cm³/mol. The van der Waals surface area contributed by atoms with E-state index in [1.807, 2.05) is 0 Å². The van der Waals surface area contributed by atoms with Gasteiger partial charge in [-0.15, -0.1) is 11.8 Å². The first-order chi connectivity index (χ1) is 9.79. The standard InChI is InChI=1S/C16H23NO2S/c18-10-3-1-2-9-17-16(19)12-20-15-8-7-13-5-4-6-14(13)11-15/h7-8,11,18H,1-6,9-10,12H2,(H,17,19). The molecule has 3 nitrogen and oxygen atoms in total. The van der Waals surface area contributed by atoms with Gasteiger partial charge in [0, 0.05) is 18.0 Å². The minimum absolute atomic E-state index is 0.0968. The quantitative estimate of drug-likeness (QED) is 0.572. The summed E-state index contributed by atoms with van der Waals surface area (Å²) in [6, 6.07) is 6.57. The molecule has 0 heterocycles. The Labute approximate surface area is 125 Å². The van der Waals surface area contributed by atoms with E-state index in [0.29, 0.717) is 12.3 Å². The van der Waals surface area contributed by atoms with Gasteiger partial charge in [0.15, 0.2) is 0 Å². The van der Waals surface area contributed by atoms with Gasteiger partial charge in [0.1, 0.15) is 0 Å². The molecule has 110 valence electrons. The fourth-order valence-corrected chi connectivity index (χ4v) is 3.27. The summed E-state index contributed by atoms with van der Waals surface area (Å²) in [4.78, 5) is 12.9. The van der Waals surface area contributed by atoms with Crippen molar-refractivity contribution in [3.05, 3.63) is 29.3 Å². The largest absolute Gasteiger partial charge is 0.396 e. The third kappa shape index (κ3) is 4.84. The summed E-state index contributed by atoms with van der Waals surface area (Å²) in [5, 5.41) is 11.6. The second-order valence-electron chi connectivity index (χ2n) is 5.21. The van der Waals surface area contributed by atoms with Crippen molar-refractivity contribution in [1.82, 2.24) is 5.32 Å². The molecule has 0 saturated heterocycles. The molecule has 0 aromatic heterocycles. The van der Waals surface area contributed by atoms with Crippen molar-refractivity contribution in [2.75, 3.05) is 18.9 Å². The van der Waals surface area contributed by atoms with Gasteiger partial charge in [-0.2, -0.15) is 0 Å². The number of aliphatic hydroxyl groups excluding tert-OH is 1. The number of aliphatic hydroxyl groups is 1. The summed E-state index contributed by atoms with van der Waals surface area (Å²) in [5.41, 5.74) is 2.93. The number of aryl methyl sites for hydroxylation is 2. The van der Waals surface area contributed by atoms with Gasteiger partial charge in [0.05, 0.1) is 5.75 Å². The molecule has 2 N–H and O–H groups in total. The van der Waals surface area contributed by atoms with Crippen LogP contribution >= 0.6 is 11.8 Å². The summed E-state index contributed by atoms with van der Waals surface area (Å²) in [6.07, 6.45) is 6.37. The highest BCUT2D eigenvalue weighted by molar-refractivity contribution is 8.00. The third-order valence-corrected chi connectivity index (χ3v) is 4.59. The minimum Gasteiger partial charge on any atom is -0.396 e. The Morgan fingerprint density at radius 3 is 2.90 bits per heavy atom. The molecule has 0 aliphatic heterocycles. The Morgan fingerprint density at radius 2 is 2.05 bits per heavy atom. The van der Waals surface area contributed by atoms with Crippen molar-refractivity contribution in [2.45, 2.75) is 43.4 Å². The normalized spacial score (nSPS) is 13.2. The first-order valence-corrected chi connectivity index (χ1v) is 8.40. The third-order valence-electron chi connectivity index (χ3n) is 3.60. The van der Waals surface area contributed by atoms with Gasteiger partial charge in [-0.1, -0.05) is 6.07 Å². The van der Waals surface area contributed by atoms with E-state index in [1.54, 1.807) is 11.8 Å². The van der Waals surface area contributed by atoms with E-state index in [4.69, 9.17) is 5.11 Å². The number of carbonyl (C=O) groups is 1. The van der Waals surface area contributed by atoms with Crippen molar-refractivity contribution in [3.63, 3.8) is 0 Å². The minimum atomic E-state index is 0.0968. The van der Waals surface area contributed by atoms with Crippen LogP contribution in [0.25, 0.3) is 0 Å². The van der Waals surface area contributed by atoms with Crippen molar-refractivity contribution in [1.29, 1.82) is 0 Å². The smallest absolute Gasteiger partial charge is 0.230 e. The maximum absolute atomic E-state index is 11.7. The number of carbonyl (C=O) groups excluding carboxylic acids is 1. The zero-order valence-electron chi connectivity index (χ0n) is 11.9. The summed E-state index contributed by atoms with van der Waals surface area (Å²) in [5.74, 6) is 0.582. The van der Waals surface area contributed by atoms with Crippen LogP contribution in [0, 0.1) is 0 Å². The summed E-state index contributed by atoms with van der Waals surface area (Å²) in [6.45, 7) is 0.950. The van der Waals surface area contributed by atoms with E-state index < -0.39 is 0 Å². The molecule has 1 aromatic carbocycles. The fraction of sp³-hybridized carbons (Fsp3) is 0.562. The van der Waals surface area contributed by atoms with Crippen LogP contribution < -0.4 is 5.32 Å².